The summed E-state index contributed by atoms with van der Waals surface area (Å²) in [7, 11) is 4.01. The second-order valence-corrected chi connectivity index (χ2v) is 7.73. The minimum absolute atomic E-state index is 0.0828. The van der Waals surface area contributed by atoms with E-state index < -0.39 is 0 Å². The van der Waals surface area contributed by atoms with Crippen molar-refractivity contribution in [3.05, 3.63) is 47.3 Å². The summed E-state index contributed by atoms with van der Waals surface area (Å²) in [6, 6.07) is 9.60. The third kappa shape index (κ3) is 5.81. The molecule has 1 amide bonds. The number of aromatic nitrogens is 2. The summed E-state index contributed by atoms with van der Waals surface area (Å²) in [6.07, 6.45) is 0. The Labute approximate surface area is 156 Å². The van der Waals surface area contributed by atoms with Crippen molar-refractivity contribution < 1.29 is 4.79 Å². The number of hydrogen-bond acceptors (Lipinski definition) is 5. The zero-order valence-electron chi connectivity index (χ0n) is 16.6. The van der Waals surface area contributed by atoms with E-state index in [1.54, 1.807) is 6.07 Å². The Balaban J connectivity index is 2.08. The van der Waals surface area contributed by atoms with Crippen LogP contribution in [0.5, 0.6) is 0 Å². The highest BCUT2D eigenvalue weighted by molar-refractivity contribution is 6.03. The number of aryl methyl sites for hydroxylation is 1. The zero-order valence-corrected chi connectivity index (χ0v) is 16.6. The van der Waals surface area contributed by atoms with Crippen molar-refractivity contribution in [2.45, 2.75) is 33.1 Å². The highest BCUT2D eigenvalue weighted by Gasteiger charge is 2.14. The van der Waals surface area contributed by atoms with Crippen molar-refractivity contribution in [3.8, 4) is 0 Å². The van der Waals surface area contributed by atoms with Gasteiger partial charge in [0.25, 0.3) is 5.91 Å². The van der Waals surface area contributed by atoms with E-state index in [-0.39, 0.29) is 11.3 Å². The summed E-state index contributed by atoms with van der Waals surface area (Å²) in [4.78, 5) is 23.3. The van der Waals surface area contributed by atoms with Crippen LogP contribution >= 0.6 is 0 Å². The van der Waals surface area contributed by atoms with Crippen molar-refractivity contribution in [3.63, 3.8) is 0 Å². The fourth-order valence-corrected chi connectivity index (χ4v) is 2.40. The third-order valence-electron chi connectivity index (χ3n) is 3.94. The Morgan fingerprint density at radius 2 is 1.77 bits per heavy atom. The van der Waals surface area contributed by atoms with Crippen molar-refractivity contribution >= 4 is 17.5 Å². The van der Waals surface area contributed by atoms with Crippen molar-refractivity contribution in [1.29, 1.82) is 0 Å². The van der Waals surface area contributed by atoms with Gasteiger partial charge in [0, 0.05) is 24.5 Å². The number of likely N-dealkylation sites (N-methyl/N-ethyl adjacent to an activating group) is 1. The van der Waals surface area contributed by atoms with Gasteiger partial charge in [-0.2, -0.15) is 0 Å². The van der Waals surface area contributed by atoms with Gasteiger partial charge in [-0.15, -0.1) is 0 Å². The molecule has 0 aliphatic heterocycles. The maximum atomic E-state index is 12.5. The predicted octanol–water partition coefficient (Wildman–Crippen LogP) is 3.31. The van der Waals surface area contributed by atoms with Gasteiger partial charge in [-0.25, -0.2) is 9.97 Å². The second-order valence-electron chi connectivity index (χ2n) is 7.73. The Bertz CT molecular complexity index is 748. The van der Waals surface area contributed by atoms with Gasteiger partial charge in [-0.05, 0) is 50.2 Å². The van der Waals surface area contributed by atoms with Gasteiger partial charge in [0.05, 0.1) is 0 Å². The van der Waals surface area contributed by atoms with E-state index >= 15 is 0 Å². The van der Waals surface area contributed by atoms with E-state index in [1.165, 1.54) is 5.56 Å². The normalized spacial score (nSPS) is 11.5. The van der Waals surface area contributed by atoms with Gasteiger partial charge in [-0.3, -0.25) is 4.79 Å². The number of nitrogens with zero attached hydrogens (tertiary/aromatic N) is 3. The van der Waals surface area contributed by atoms with Crippen LogP contribution in [0, 0.1) is 6.92 Å². The monoisotopic (exact) mass is 355 g/mol. The smallest absolute Gasteiger partial charge is 0.274 e. The van der Waals surface area contributed by atoms with Gasteiger partial charge in [-0.1, -0.05) is 32.9 Å². The van der Waals surface area contributed by atoms with E-state index in [0.29, 0.717) is 18.2 Å². The minimum Gasteiger partial charge on any atom is -0.353 e. The van der Waals surface area contributed by atoms with Gasteiger partial charge in [0.1, 0.15) is 5.69 Å². The van der Waals surface area contributed by atoms with E-state index in [4.69, 9.17) is 0 Å². The summed E-state index contributed by atoms with van der Waals surface area (Å²) in [5.74, 6) is 0.231. The molecule has 0 atom stereocenters. The first kappa shape index (κ1) is 19.8. The molecule has 2 rings (SSSR count). The van der Waals surface area contributed by atoms with Crippen LogP contribution in [0.25, 0.3) is 0 Å². The highest BCUT2D eigenvalue weighted by Crippen LogP contribution is 2.23. The molecule has 0 radical (unpaired) electrons. The number of benzene rings is 1. The van der Waals surface area contributed by atoms with E-state index in [9.17, 15) is 4.79 Å². The van der Waals surface area contributed by atoms with Crippen LogP contribution in [-0.4, -0.2) is 48.0 Å². The standard InChI is InChI=1S/C20H29N5O/c1-14-13-17(24-19(22-14)21-11-12-25(5)6)18(26)23-16-9-7-15(8-10-16)20(2,3)4/h7-10,13H,11-12H2,1-6H3,(H,23,26)(H,21,22,24). The molecule has 0 aliphatic rings. The molecule has 6 nitrogen and oxygen atoms in total. The van der Waals surface area contributed by atoms with Crippen molar-refractivity contribution in [2.24, 2.45) is 0 Å². The molecule has 0 unspecified atom stereocenters. The number of nitrogens with one attached hydrogen (secondary N) is 2. The summed E-state index contributed by atoms with van der Waals surface area (Å²) in [6.45, 7) is 9.91. The zero-order chi connectivity index (χ0) is 19.3. The summed E-state index contributed by atoms with van der Waals surface area (Å²) < 4.78 is 0. The Morgan fingerprint density at radius 1 is 1.12 bits per heavy atom. The molecule has 140 valence electrons. The van der Waals surface area contributed by atoms with Crippen LogP contribution in [0.1, 0.15) is 42.5 Å². The van der Waals surface area contributed by atoms with Gasteiger partial charge >= 0.3 is 0 Å². The summed E-state index contributed by atoms with van der Waals surface area (Å²) in [5.41, 5.74) is 3.16. The molecule has 0 fully saturated rings. The van der Waals surface area contributed by atoms with Crippen LogP contribution in [0.15, 0.2) is 30.3 Å². The number of amides is 1. The lowest BCUT2D eigenvalue weighted by molar-refractivity contribution is 0.102. The topological polar surface area (TPSA) is 70.2 Å². The van der Waals surface area contributed by atoms with Gasteiger partial charge in [0.15, 0.2) is 0 Å². The Hall–Kier alpha value is -2.47. The lowest BCUT2D eigenvalue weighted by atomic mass is 9.87. The van der Waals surface area contributed by atoms with Crippen LogP contribution in [0.3, 0.4) is 0 Å². The Morgan fingerprint density at radius 3 is 2.35 bits per heavy atom. The molecule has 1 heterocycles. The van der Waals surface area contributed by atoms with Crippen LogP contribution in [0.2, 0.25) is 0 Å². The largest absolute Gasteiger partial charge is 0.353 e. The lowest BCUT2D eigenvalue weighted by Gasteiger charge is -2.19. The lowest BCUT2D eigenvalue weighted by Crippen LogP contribution is -2.22. The highest BCUT2D eigenvalue weighted by atomic mass is 16.1. The molecule has 6 heteroatoms. The van der Waals surface area contributed by atoms with Crippen molar-refractivity contribution in [1.82, 2.24) is 14.9 Å². The first-order valence-electron chi connectivity index (χ1n) is 8.81. The van der Waals surface area contributed by atoms with Gasteiger partial charge in [0.2, 0.25) is 5.95 Å². The first-order chi connectivity index (χ1) is 12.1. The third-order valence-corrected chi connectivity index (χ3v) is 3.94. The first-order valence-corrected chi connectivity index (χ1v) is 8.81. The number of carbonyl (C=O) groups is 1. The van der Waals surface area contributed by atoms with Crippen LogP contribution in [-0.2, 0) is 5.41 Å². The fourth-order valence-electron chi connectivity index (χ4n) is 2.40. The Kier molecular flexibility index (Phi) is 6.32. The summed E-state index contributed by atoms with van der Waals surface area (Å²) >= 11 is 0. The molecular formula is C20H29N5O. The average Bonchev–Trinajstić information content (AvgIpc) is 2.53. The maximum absolute atomic E-state index is 12.5. The molecule has 0 aliphatic carbocycles. The number of hydrogen-bond donors (Lipinski definition) is 2. The molecular weight excluding hydrogens is 326 g/mol. The molecule has 26 heavy (non-hydrogen) atoms. The van der Waals surface area contributed by atoms with E-state index in [2.05, 4.69) is 46.3 Å². The van der Waals surface area contributed by atoms with Crippen LogP contribution in [0.4, 0.5) is 11.6 Å². The van der Waals surface area contributed by atoms with Crippen LogP contribution < -0.4 is 10.6 Å². The SMILES string of the molecule is Cc1cc(C(=O)Nc2ccc(C(C)(C)C)cc2)nc(NCCN(C)C)n1. The fraction of sp³-hybridized carbons (Fsp3) is 0.450. The van der Waals surface area contributed by atoms with Gasteiger partial charge < -0.3 is 15.5 Å². The number of rotatable bonds is 6. The molecule has 0 saturated heterocycles. The molecule has 0 saturated carbocycles. The average molecular weight is 355 g/mol. The predicted molar refractivity (Wildman–Crippen MR) is 107 cm³/mol. The van der Waals surface area contributed by atoms with E-state index in [1.807, 2.05) is 45.3 Å². The molecule has 0 spiro atoms. The quantitative estimate of drug-likeness (QED) is 0.832. The molecule has 2 aromatic rings. The van der Waals surface area contributed by atoms with E-state index in [0.717, 1.165) is 17.9 Å². The minimum atomic E-state index is -0.241. The summed E-state index contributed by atoms with van der Waals surface area (Å²) in [5, 5.41) is 6.06. The molecule has 0 bridgehead atoms. The maximum Gasteiger partial charge on any atom is 0.274 e. The number of carbonyl (C=O) groups excluding carboxylic acids is 1. The second kappa shape index (κ2) is 8.27. The molecule has 1 aromatic heterocycles. The molecule has 1 aromatic carbocycles. The number of anilines is 2. The molecule has 2 N–H and O–H groups in total. The van der Waals surface area contributed by atoms with Crippen molar-refractivity contribution in [2.75, 3.05) is 37.8 Å².